The summed E-state index contributed by atoms with van der Waals surface area (Å²) in [6.07, 6.45) is 4.17. The van der Waals surface area contributed by atoms with Gasteiger partial charge in [0.2, 0.25) is 0 Å². The minimum atomic E-state index is -0.884. The first-order chi connectivity index (χ1) is 3.81. The van der Waals surface area contributed by atoms with Gasteiger partial charge in [0.15, 0.2) is 0 Å². The molecule has 0 aliphatic heterocycles. The Kier molecular flexibility index (Phi) is 4.29. The van der Waals surface area contributed by atoms with Crippen molar-refractivity contribution in [1.82, 2.24) is 5.32 Å². The highest BCUT2D eigenvalue weighted by molar-refractivity contribution is 4.87. The van der Waals surface area contributed by atoms with E-state index in [1.807, 2.05) is 0 Å². The minimum Gasteiger partial charge on any atom is -0.317 e. The molecule has 0 rings (SSSR count). The molecule has 0 saturated heterocycles. The fourth-order valence-corrected chi connectivity index (χ4v) is 0.422. The topological polar surface area (TPSA) is 12.0 Å². The van der Waals surface area contributed by atoms with Crippen LogP contribution in [0.3, 0.4) is 0 Å². The van der Waals surface area contributed by atoms with Gasteiger partial charge in [-0.2, -0.15) is 0 Å². The molecule has 1 N–H and O–H groups in total. The lowest BCUT2D eigenvalue weighted by atomic mass is 10.3. The van der Waals surface area contributed by atoms with Crippen LogP contribution in [-0.4, -0.2) is 19.8 Å². The zero-order valence-corrected chi connectivity index (χ0v) is 4.95. The second kappa shape index (κ2) is 4.61. The van der Waals surface area contributed by atoms with Crippen LogP contribution in [0.2, 0.25) is 0 Å². The normalized spacial score (nSPS) is 12.6. The van der Waals surface area contributed by atoms with Crippen molar-refractivity contribution in [1.29, 1.82) is 0 Å². The van der Waals surface area contributed by atoms with Crippen LogP contribution in [0.5, 0.6) is 0 Å². The van der Waals surface area contributed by atoms with Crippen molar-refractivity contribution in [3.8, 4) is 12.3 Å². The molecular weight excluding hydrogens is 105 g/mol. The Hall–Kier alpha value is -0.550. The number of rotatable bonds is 3. The van der Waals surface area contributed by atoms with Gasteiger partial charge in [0.25, 0.3) is 0 Å². The molecule has 0 aromatic rings. The van der Waals surface area contributed by atoms with E-state index in [1.165, 1.54) is 0 Å². The Morgan fingerprint density at radius 2 is 2.50 bits per heavy atom. The molecule has 1 nitrogen and oxygen atoms in total. The Morgan fingerprint density at radius 3 is 2.88 bits per heavy atom. The largest absolute Gasteiger partial charge is 0.317 e. The molecule has 0 saturated carbocycles. The van der Waals surface area contributed by atoms with E-state index in [0.29, 0.717) is 6.54 Å². The van der Waals surface area contributed by atoms with Gasteiger partial charge in [0, 0.05) is 13.0 Å². The lowest BCUT2D eigenvalue weighted by molar-refractivity contribution is 0.332. The Morgan fingerprint density at radius 1 is 1.88 bits per heavy atom. The smallest absolute Gasteiger partial charge is 0.123 e. The number of alkyl halides is 1. The minimum absolute atomic E-state index is 0.209. The number of nitrogens with one attached hydrogen (secondary N) is 1. The van der Waals surface area contributed by atoms with Crippen LogP contribution in [0.4, 0.5) is 4.39 Å². The van der Waals surface area contributed by atoms with E-state index in [0.717, 1.165) is 0 Å². The van der Waals surface area contributed by atoms with Crippen molar-refractivity contribution in [2.24, 2.45) is 0 Å². The van der Waals surface area contributed by atoms with Gasteiger partial charge in [-0.05, 0) is 7.05 Å². The van der Waals surface area contributed by atoms with E-state index in [9.17, 15) is 4.39 Å². The number of halogens is 1. The van der Waals surface area contributed by atoms with Gasteiger partial charge >= 0.3 is 0 Å². The number of hydrogen-bond acceptors (Lipinski definition) is 1. The highest BCUT2D eigenvalue weighted by atomic mass is 19.1. The average Bonchev–Trinajstić information content (AvgIpc) is 1.68. The summed E-state index contributed by atoms with van der Waals surface area (Å²) < 4.78 is 12.2. The first-order valence-electron chi connectivity index (χ1n) is 2.53. The van der Waals surface area contributed by atoms with E-state index in [1.54, 1.807) is 7.05 Å². The van der Waals surface area contributed by atoms with Crippen LogP contribution in [0.25, 0.3) is 0 Å². The molecule has 2 heteroatoms. The molecule has 0 unspecified atom stereocenters. The average molecular weight is 115 g/mol. The third-order valence-corrected chi connectivity index (χ3v) is 0.765. The van der Waals surface area contributed by atoms with Crippen molar-refractivity contribution in [3.63, 3.8) is 0 Å². The molecule has 1 atom stereocenters. The van der Waals surface area contributed by atoms with E-state index in [4.69, 9.17) is 6.42 Å². The van der Waals surface area contributed by atoms with Crippen LogP contribution in [0.1, 0.15) is 6.42 Å². The summed E-state index contributed by atoms with van der Waals surface area (Å²) in [5.41, 5.74) is 0. The summed E-state index contributed by atoms with van der Waals surface area (Å²) in [6.45, 7) is 0.351. The summed E-state index contributed by atoms with van der Waals surface area (Å²) in [5.74, 6) is 2.24. The van der Waals surface area contributed by atoms with Crippen molar-refractivity contribution < 1.29 is 4.39 Å². The summed E-state index contributed by atoms with van der Waals surface area (Å²) in [4.78, 5) is 0. The van der Waals surface area contributed by atoms with Gasteiger partial charge < -0.3 is 5.32 Å². The molecule has 46 valence electrons. The molecule has 0 fully saturated rings. The quantitative estimate of drug-likeness (QED) is 0.530. The molecule has 0 bridgehead atoms. The third-order valence-electron chi connectivity index (χ3n) is 0.765. The molecular formula is C6H10FN. The van der Waals surface area contributed by atoms with E-state index in [2.05, 4.69) is 11.2 Å². The van der Waals surface area contributed by atoms with Gasteiger partial charge in [-0.25, -0.2) is 4.39 Å². The monoisotopic (exact) mass is 115 g/mol. The van der Waals surface area contributed by atoms with E-state index < -0.39 is 6.17 Å². The molecule has 0 spiro atoms. The molecule has 0 heterocycles. The molecule has 0 amide bonds. The van der Waals surface area contributed by atoms with Gasteiger partial charge in [-0.1, -0.05) is 0 Å². The lowest BCUT2D eigenvalue weighted by Gasteiger charge is -1.99. The molecule has 0 aromatic heterocycles. The van der Waals surface area contributed by atoms with Crippen molar-refractivity contribution in [3.05, 3.63) is 0 Å². The maximum absolute atomic E-state index is 12.2. The zero-order chi connectivity index (χ0) is 6.41. The van der Waals surface area contributed by atoms with Crippen molar-refractivity contribution >= 4 is 0 Å². The van der Waals surface area contributed by atoms with Gasteiger partial charge in [0.1, 0.15) is 6.17 Å². The predicted molar refractivity (Wildman–Crippen MR) is 32.3 cm³/mol. The van der Waals surface area contributed by atoms with Crippen molar-refractivity contribution in [2.75, 3.05) is 13.6 Å². The Bertz CT molecular complexity index is 85.0. The number of hydrogen-bond donors (Lipinski definition) is 1. The molecule has 0 aliphatic rings. The first-order valence-corrected chi connectivity index (χ1v) is 2.53. The highest BCUT2D eigenvalue weighted by Gasteiger charge is 1.99. The first kappa shape index (κ1) is 7.45. The maximum Gasteiger partial charge on any atom is 0.123 e. The molecule has 0 aliphatic carbocycles. The Balaban J connectivity index is 3.08. The van der Waals surface area contributed by atoms with Crippen LogP contribution in [0.15, 0.2) is 0 Å². The van der Waals surface area contributed by atoms with E-state index in [-0.39, 0.29) is 6.42 Å². The lowest BCUT2D eigenvalue weighted by Crippen LogP contribution is -2.18. The second-order valence-electron chi connectivity index (χ2n) is 1.56. The summed E-state index contributed by atoms with van der Waals surface area (Å²) in [6, 6.07) is 0. The summed E-state index contributed by atoms with van der Waals surface area (Å²) >= 11 is 0. The van der Waals surface area contributed by atoms with Crippen LogP contribution in [-0.2, 0) is 0 Å². The van der Waals surface area contributed by atoms with Gasteiger partial charge in [0.05, 0.1) is 0 Å². The summed E-state index contributed by atoms with van der Waals surface area (Å²) in [7, 11) is 1.70. The van der Waals surface area contributed by atoms with Crippen LogP contribution >= 0.6 is 0 Å². The fraction of sp³-hybridized carbons (Fsp3) is 0.667. The molecule has 0 radical (unpaired) electrons. The van der Waals surface area contributed by atoms with Gasteiger partial charge in [-0.15, -0.1) is 12.3 Å². The molecule has 0 aromatic carbocycles. The number of terminal acetylenes is 1. The fourth-order valence-electron chi connectivity index (χ4n) is 0.422. The van der Waals surface area contributed by atoms with Crippen molar-refractivity contribution in [2.45, 2.75) is 12.6 Å². The van der Waals surface area contributed by atoms with Crippen LogP contribution in [0, 0.1) is 12.3 Å². The third kappa shape index (κ3) is 3.63. The zero-order valence-electron chi connectivity index (χ0n) is 4.95. The highest BCUT2D eigenvalue weighted by Crippen LogP contribution is 1.91. The van der Waals surface area contributed by atoms with Crippen LogP contribution < -0.4 is 5.32 Å². The SMILES string of the molecule is C#CC[C@@H](F)CNC. The standard InChI is InChI=1S/C6H10FN/c1-3-4-6(7)5-8-2/h1,6,8H,4-5H2,2H3/t6-/m1/s1. The maximum atomic E-state index is 12.2. The molecule has 8 heavy (non-hydrogen) atoms. The van der Waals surface area contributed by atoms with E-state index >= 15 is 0 Å². The Labute approximate surface area is 49.3 Å². The second-order valence-corrected chi connectivity index (χ2v) is 1.56. The summed E-state index contributed by atoms with van der Waals surface area (Å²) in [5, 5.41) is 2.68. The van der Waals surface area contributed by atoms with Gasteiger partial charge in [-0.3, -0.25) is 0 Å². The predicted octanol–water partition coefficient (Wildman–Crippen LogP) is 0.567.